The number of halogens is 6. The van der Waals surface area contributed by atoms with Crippen molar-refractivity contribution in [3.63, 3.8) is 0 Å². The number of carboxylic acids is 1. The average Bonchev–Trinajstić information content (AvgIpc) is 2.70. The normalized spacial score (nSPS) is 10.9. The van der Waals surface area contributed by atoms with Gasteiger partial charge in [-0.3, -0.25) is 4.79 Å². The average molecular weight is 513 g/mol. The first-order valence-corrected chi connectivity index (χ1v) is 9.32. The number of anilines is 1. The van der Waals surface area contributed by atoms with E-state index in [9.17, 15) is 27.9 Å². The van der Waals surface area contributed by atoms with Crippen molar-refractivity contribution in [1.29, 1.82) is 0 Å². The number of carbonyl (C=O) groups is 2. The van der Waals surface area contributed by atoms with Crippen LogP contribution in [-0.4, -0.2) is 21.8 Å². The van der Waals surface area contributed by atoms with E-state index in [1.165, 1.54) is 18.2 Å². The van der Waals surface area contributed by atoms with Crippen LogP contribution in [0.5, 0.6) is 0 Å². The fraction of sp³-hybridized carbons (Fsp3) is 0.0526. The van der Waals surface area contributed by atoms with E-state index in [0.29, 0.717) is 6.07 Å². The van der Waals surface area contributed by atoms with E-state index >= 15 is 0 Å². The molecular formula is C19H8Cl3F3N3NaO3. The van der Waals surface area contributed by atoms with Gasteiger partial charge in [-0.25, -0.2) is 9.97 Å². The molecule has 0 atom stereocenters. The van der Waals surface area contributed by atoms with Crippen molar-refractivity contribution in [3.8, 4) is 11.4 Å². The van der Waals surface area contributed by atoms with Gasteiger partial charge in [-0.05, 0) is 36.4 Å². The molecule has 6 nitrogen and oxygen atoms in total. The number of hydrogen-bond donors (Lipinski definition) is 1. The second-order valence-electron chi connectivity index (χ2n) is 6.01. The molecule has 2 aromatic carbocycles. The minimum Gasteiger partial charge on any atom is -0.545 e. The smallest absolute Gasteiger partial charge is 0.545 e. The number of benzene rings is 2. The molecule has 0 fully saturated rings. The number of amides is 1. The van der Waals surface area contributed by atoms with Gasteiger partial charge in [0.05, 0.1) is 32.3 Å². The Morgan fingerprint density at radius 2 is 1.59 bits per heavy atom. The van der Waals surface area contributed by atoms with E-state index in [1.54, 1.807) is 0 Å². The Bertz CT molecular complexity index is 1190. The van der Waals surface area contributed by atoms with Gasteiger partial charge in [0, 0.05) is 17.3 Å². The molecule has 13 heteroatoms. The standard InChI is InChI=1S/C19H9Cl3F3N3O3.Na/c20-11-2-1-8(16-26-4-3-14(27-16)19(23,24)25)5-10(11)17(29)28-15-12(21)6-9(18(30)31)7-13(15)22;/h1-7H,(H,28,29)(H,30,31);/q;+1/p-1. The zero-order valence-corrected chi connectivity index (χ0v) is 20.2. The number of rotatable bonds is 4. The molecule has 1 heterocycles. The molecule has 3 aromatic rings. The summed E-state index contributed by atoms with van der Waals surface area (Å²) < 4.78 is 38.7. The van der Waals surface area contributed by atoms with E-state index in [2.05, 4.69) is 15.3 Å². The van der Waals surface area contributed by atoms with Crippen molar-refractivity contribution in [2.24, 2.45) is 0 Å². The van der Waals surface area contributed by atoms with Gasteiger partial charge in [0.15, 0.2) is 5.82 Å². The molecule has 0 bridgehead atoms. The minimum absolute atomic E-state index is 0. The van der Waals surface area contributed by atoms with Gasteiger partial charge in [-0.2, -0.15) is 13.2 Å². The first-order valence-electron chi connectivity index (χ1n) is 8.19. The molecule has 0 aliphatic carbocycles. The van der Waals surface area contributed by atoms with Crippen LogP contribution in [0.1, 0.15) is 26.4 Å². The first kappa shape index (κ1) is 26.4. The summed E-state index contributed by atoms with van der Waals surface area (Å²) >= 11 is 18.0. The summed E-state index contributed by atoms with van der Waals surface area (Å²) in [5.41, 5.74) is -1.56. The van der Waals surface area contributed by atoms with Crippen molar-refractivity contribution in [2.75, 3.05) is 5.32 Å². The third kappa shape index (κ3) is 5.92. The number of carbonyl (C=O) groups excluding carboxylic acids is 2. The fourth-order valence-electron chi connectivity index (χ4n) is 2.49. The molecule has 32 heavy (non-hydrogen) atoms. The van der Waals surface area contributed by atoms with Crippen LogP contribution in [0.3, 0.4) is 0 Å². The minimum atomic E-state index is -4.67. The summed E-state index contributed by atoms with van der Waals surface area (Å²) in [6, 6.07) is 6.62. The van der Waals surface area contributed by atoms with Crippen LogP contribution < -0.4 is 40.0 Å². The van der Waals surface area contributed by atoms with Gasteiger partial charge in [0.2, 0.25) is 0 Å². The number of hydrogen-bond acceptors (Lipinski definition) is 5. The number of aromatic carboxylic acids is 1. The predicted molar refractivity (Wildman–Crippen MR) is 106 cm³/mol. The van der Waals surface area contributed by atoms with Gasteiger partial charge >= 0.3 is 35.7 Å². The van der Waals surface area contributed by atoms with Gasteiger partial charge in [0.1, 0.15) is 5.69 Å². The molecule has 0 aliphatic heterocycles. The molecule has 0 radical (unpaired) electrons. The van der Waals surface area contributed by atoms with Crippen LogP contribution >= 0.6 is 34.8 Å². The van der Waals surface area contributed by atoms with Crippen LogP contribution in [0, 0.1) is 0 Å². The van der Waals surface area contributed by atoms with Crippen LogP contribution in [0.2, 0.25) is 15.1 Å². The Hall–Kier alpha value is -1.88. The number of aromatic nitrogens is 2. The third-order valence-electron chi connectivity index (χ3n) is 3.93. The zero-order chi connectivity index (χ0) is 22.9. The Balaban J connectivity index is 0.00000363. The summed E-state index contributed by atoms with van der Waals surface area (Å²) in [5.74, 6) is -2.59. The molecule has 1 aromatic heterocycles. The maximum absolute atomic E-state index is 12.9. The third-order valence-corrected chi connectivity index (χ3v) is 4.86. The monoisotopic (exact) mass is 511 g/mol. The summed E-state index contributed by atoms with van der Waals surface area (Å²) in [6.45, 7) is 0. The molecule has 3 rings (SSSR count). The van der Waals surface area contributed by atoms with Crippen LogP contribution in [0.15, 0.2) is 42.6 Å². The summed E-state index contributed by atoms with van der Waals surface area (Å²) in [6.07, 6.45) is -3.73. The number of nitrogens with zero attached hydrogens (tertiary/aromatic N) is 2. The quantitative estimate of drug-likeness (QED) is 0.538. The second-order valence-corrected chi connectivity index (χ2v) is 7.24. The Morgan fingerprint density at radius 3 is 2.16 bits per heavy atom. The van der Waals surface area contributed by atoms with Crippen molar-refractivity contribution >= 4 is 52.4 Å². The molecule has 160 valence electrons. The largest absolute Gasteiger partial charge is 1.00 e. The van der Waals surface area contributed by atoms with Gasteiger partial charge in [0.25, 0.3) is 5.91 Å². The molecule has 0 unspecified atom stereocenters. The fourth-order valence-corrected chi connectivity index (χ4v) is 3.27. The van der Waals surface area contributed by atoms with E-state index in [-0.39, 0.29) is 72.8 Å². The van der Waals surface area contributed by atoms with Crippen LogP contribution in [0.4, 0.5) is 18.9 Å². The molecule has 0 spiro atoms. The van der Waals surface area contributed by atoms with Crippen molar-refractivity contribution in [3.05, 3.63) is 74.5 Å². The summed E-state index contributed by atoms with van der Waals surface area (Å²) in [5, 5.41) is 13.0. The van der Waals surface area contributed by atoms with E-state index in [1.807, 2.05) is 0 Å². The number of carboxylic acid groups (broad SMARTS) is 1. The van der Waals surface area contributed by atoms with E-state index < -0.39 is 23.7 Å². The van der Waals surface area contributed by atoms with Gasteiger partial charge in [-0.1, -0.05) is 34.8 Å². The Morgan fingerprint density at radius 1 is 0.969 bits per heavy atom. The topological polar surface area (TPSA) is 95.0 Å². The molecule has 0 aliphatic rings. The Labute approximate surface area is 216 Å². The van der Waals surface area contributed by atoms with Crippen molar-refractivity contribution in [1.82, 2.24) is 9.97 Å². The van der Waals surface area contributed by atoms with Gasteiger partial charge in [-0.15, -0.1) is 0 Å². The summed E-state index contributed by atoms with van der Waals surface area (Å²) in [7, 11) is 0. The van der Waals surface area contributed by atoms with Crippen molar-refractivity contribution in [2.45, 2.75) is 6.18 Å². The molecule has 0 saturated heterocycles. The van der Waals surface area contributed by atoms with E-state index in [0.717, 1.165) is 18.3 Å². The second kappa shape index (κ2) is 10.4. The van der Waals surface area contributed by atoms with Crippen LogP contribution in [0.25, 0.3) is 11.4 Å². The van der Waals surface area contributed by atoms with Crippen molar-refractivity contribution < 1.29 is 57.4 Å². The molecular weight excluding hydrogens is 505 g/mol. The number of nitrogens with one attached hydrogen (secondary N) is 1. The zero-order valence-electron chi connectivity index (χ0n) is 15.9. The molecule has 0 saturated carbocycles. The van der Waals surface area contributed by atoms with Gasteiger partial charge < -0.3 is 15.2 Å². The predicted octanol–water partition coefficient (Wildman–Crippen LogP) is 1.74. The molecule has 1 amide bonds. The maximum Gasteiger partial charge on any atom is 1.00 e. The molecule has 1 N–H and O–H groups in total. The Kier molecular flexibility index (Phi) is 8.55. The first-order chi connectivity index (χ1) is 14.5. The van der Waals surface area contributed by atoms with Crippen LogP contribution in [-0.2, 0) is 6.18 Å². The summed E-state index contributed by atoms with van der Waals surface area (Å²) in [4.78, 5) is 30.9. The number of alkyl halides is 3. The maximum atomic E-state index is 12.9. The van der Waals surface area contributed by atoms with E-state index in [4.69, 9.17) is 34.8 Å². The SMILES string of the molecule is O=C([O-])c1cc(Cl)c(NC(=O)c2cc(-c3nccc(C(F)(F)F)n3)ccc2Cl)c(Cl)c1.[Na+].